The summed E-state index contributed by atoms with van der Waals surface area (Å²) in [6, 6.07) is 5.10. The van der Waals surface area contributed by atoms with Crippen LogP contribution < -0.4 is 0 Å². The number of nitrogens with zero attached hydrogens (tertiary/aromatic N) is 1. The molecule has 1 aliphatic carbocycles. The molecule has 0 N–H and O–H groups in total. The van der Waals surface area contributed by atoms with E-state index in [4.69, 9.17) is 0 Å². The molecule has 0 aliphatic heterocycles. The van der Waals surface area contributed by atoms with Gasteiger partial charge in [-0.05, 0) is 35.0 Å². The van der Waals surface area contributed by atoms with Gasteiger partial charge >= 0.3 is 0 Å². The fraction of sp³-hybridized carbons (Fsp3) is 0.444. The number of alkyl halides is 2. The lowest BCUT2D eigenvalue weighted by Gasteiger charge is -2.08. The summed E-state index contributed by atoms with van der Waals surface area (Å²) in [5.41, 5.74) is -0.580. The van der Waals surface area contributed by atoms with Gasteiger partial charge in [-0.25, -0.2) is 13.8 Å². The summed E-state index contributed by atoms with van der Waals surface area (Å²) in [7, 11) is 0. The largest absolute Gasteiger partial charge is 0.260 e. The number of halogens is 3. The van der Waals surface area contributed by atoms with Gasteiger partial charge in [-0.1, -0.05) is 6.07 Å². The van der Waals surface area contributed by atoms with E-state index >= 15 is 0 Å². The molecule has 0 aromatic carbocycles. The maximum absolute atomic E-state index is 12.9. The van der Waals surface area contributed by atoms with Crippen molar-refractivity contribution in [1.82, 2.24) is 4.98 Å². The first kappa shape index (κ1) is 9.06. The topological polar surface area (TPSA) is 12.9 Å². The number of aromatic nitrogens is 1. The minimum absolute atomic E-state index is 0.0938. The maximum atomic E-state index is 12.9. The van der Waals surface area contributed by atoms with Crippen molar-refractivity contribution in [3.8, 4) is 0 Å². The van der Waals surface area contributed by atoms with Crippen molar-refractivity contribution in [2.45, 2.75) is 24.7 Å². The number of hydrogen-bond donors (Lipinski definition) is 0. The zero-order chi connectivity index (χ0) is 9.69. The fourth-order valence-electron chi connectivity index (χ4n) is 1.39. The molecule has 1 atom stereocenters. The first-order valence-corrected chi connectivity index (χ1v) is 4.76. The number of pyridine rings is 1. The van der Waals surface area contributed by atoms with Crippen LogP contribution in [0, 0.1) is 0 Å². The highest BCUT2D eigenvalue weighted by atomic mass is 79.9. The zero-order valence-electron chi connectivity index (χ0n) is 7.02. The van der Waals surface area contributed by atoms with Crippen LogP contribution >= 0.6 is 15.9 Å². The van der Waals surface area contributed by atoms with Crippen molar-refractivity contribution in [1.29, 1.82) is 0 Å². The Labute approximate surface area is 83.3 Å². The van der Waals surface area contributed by atoms with E-state index in [1.807, 2.05) is 0 Å². The van der Waals surface area contributed by atoms with E-state index in [1.165, 1.54) is 0 Å². The van der Waals surface area contributed by atoms with Gasteiger partial charge in [-0.3, -0.25) is 0 Å². The van der Waals surface area contributed by atoms with Crippen LogP contribution in [0.3, 0.4) is 0 Å². The number of rotatable bonds is 1. The SMILES string of the molecule is CC1(c2cccc(Br)n2)CC1(F)F. The van der Waals surface area contributed by atoms with Gasteiger partial charge in [0, 0.05) is 6.42 Å². The standard InChI is InChI=1S/C9H8BrF2N/c1-8(5-9(8,11)12)6-3-2-4-7(10)13-6/h2-4H,5H2,1H3. The molecule has 4 heteroatoms. The van der Waals surface area contributed by atoms with Crippen LogP contribution in [-0.2, 0) is 5.41 Å². The Hall–Kier alpha value is -0.510. The second-order valence-corrected chi connectivity index (χ2v) is 4.37. The second kappa shape index (κ2) is 2.50. The Balaban J connectivity index is 2.38. The highest BCUT2D eigenvalue weighted by molar-refractivity contribution is 9.10. The Morgan fingerprint density at radius 2 is 2.08 bits per heavy atom. The quantitative estimate of drug-likeness (QED) is 0.695. The first-order valence-electron chi connectivity index (χ1n) is 3.97. The van der Waals surface area contributed by atoms with Gasteiger partial charge in [0.05, 0.1) is 11.1 Å². The van der Waals surface area contributed by atoms with Crippen molar-refractivity contribution in [2.24, 2.45) is 0 Å². The highest BCUT2D eigenvalue weighted by Gasteiger charge is 2.69. The summed E-state index contributed by atoms with van der Waals surface area (Å²) in [5, 5.41) is 0. The molecule has 2 rings (SSSR count). The van der Waals surface area contributed by atoms with Crippen LogP contribution in [0.15, 0.2) is 22.8 Å². The Kier molecular flexibility index (Phi) is 1.74. The van der Waals surface area contributed by atoms with Crippen molar-refractivity contribution >= 4 is 15.9 Å². The Bertz CT molecular complexity index is 353. The Morgan fingerprint density at radius 1 is 1.46 bits per heavy atom. The number of hydrogen-bond acceptors (Lipinski definition) is 1. The van der Waals surface area contributed by atoms with Crippen LogP contribution in [0.25, 0.3) is 0 Å². The van der Waals surface area contributed by atoms with E-state index in [0.29, 0.717) is 10.3 Å². The molecule has 0 saturated heterocycles. The molecule has 1 aromatic heterocycles. The summed E-state index contributed by atoms with van der Waals surface area (Å²) in [5.74, 6) is -2.58. The van der Waals surface area contributed by atoms with Gasteiger partial charge in [-0.2, -0.15) is 0 Å². The lowest BCUT2D eigenvalue weighted by Crippen LogP contribution is -2.13. The third kappa shape index (κ3) is 1.27. The summed E-state index contributed by atoms with van der Waals surface area (Å²) in [6.45, 7) is 1.54. The predicted molar refractivity (Wildman–Crippen MR) is 48.9 cm³/mol. The van der Waals surface area contributed by atoms with E-state index in [0.717, 1.165) is 0 Å². The van der Waals surface area contributed by atoms with E-state index in [9.17, 15) is 8.78 Å². The zero-order valence-corrected chi connectivity index (χ0v) is 8.61. The lowest BCUT2D eigenvalue weighted by atomic mass is 10.0. The fourth-order valence-corrected chi connectivity index (χ4v) is 1.74. The molecule has 1 saturated carbocycles. The van der Waals surface area contributed by atoms with E-state index in [1.54, 1.807) is 25.1 Å². The molecular formula is C9H8BrF2N. The summed E-state index contributed by atoms with van der Waals surface area (Å²) < 4.78 is 26.5. The van der Waals surface area contributed by atoms with Crippen LogP contribution in [0.2, 0.25) is 0 Å². The summed E-state index contributed by atoms with van der Waals surface area (Å²) >= 11 is 3.16. The normalized spacial score (nSPS) is 30.2. The molecule has 0 bridgehead atoms. The molecule has 1 aliphatic rings. The molecular weight excluding hydrogens is 240 g/mol. The van der Waals surface area contributed by atoms with E-state index in [2.05, 4.69) is 20.9 Å². The molecule has 13 heavy (non-hydrogen) atoms. The third-order valence-corrected chi connectivity index (χ3v) is 2.98. The molecule has 0 spiro atoms. The molecule has 1 fully saturated rings. The van der Waals surface area contributed by atoms with Crippen LogP contribution in [0.4, 0.5) is 8.78 Å². The highest BCUT2D eigenvalue weighted by Crippen LogP contribution is 2.60. The van der Waals surface area contributed by atoms with Crippen molar-refractivity contribution in [2.75, 3.05) is 0 Å². The molecule has 0 amide bonds. The van der Waals surface area contributed by atoms with Crippen LogP contribution in [-0.4, -0.2) is 10.9 Å². The molecule has 1 heterocycles. The molecule has 1 nitrogen and oxygen atoms in total. The van der Waals surface area contributed by atoms with E-state index < -0.39 is 11.3 Å². The maximum Gasteiger partial charge on any atom is 0.260 e. The first-order chi connectivity index (χ1) is 5.96. The average Bonchev–Trinajstić information content (AvgIpc) is 2.53. The Morgan fingerprint density at radius 3 is 2.54 bits per heavy atom. The van der Waals surface area contributed by atoms with Gasteiger partial charge in [0.2, 0.25) is 0 Å². The van der Waals surface area contributed by atoms with Crippen molar-refractivity contribution in [3.63, 3.8) is 0 Å². The van der Waals surface area contributed by atoms with E-state index in [-0.39, 0.29) is 6.42 Å². The van der Waals surface area contributed by atoms with Gasteiger partial charge < -0.3 is 0 Å². The second-order valence-electron chi connectivity index (χ2n) is 3.56. The van der Waals surface area contributed by atoms with Gasteiger partial charge in [0.15, 0.2) is 0 Å². The predicted octanol–water partition coefficient (Wildman–Crippen LogP) is 3.14. The average molecular weight is 248 g/mol. The minimum atomic E-state index is -2.58. The summed E-state index contributed by atoms with van der Waals surface area (Å²) in [6.07, 6.45) is -0.0938. The molecule has 0 radical (unpaired) electrons. The van der Waals surface area contributed by atoms with Crippen LogP contribution in [0.5, 0.6) is 0 Å². The van der Waals surface area contributed by atoms with Crippen LogP contribution in [0.1, 0.15) is 19.0 Å². The minimum Gasteiger partial charge on any atom is -0.245 e. The van der Waals surface area contributed by atoms with Gasteiger partial charge in [0.25, 0.3) is 5.92 Å². The lowest BCUT2D eigenvalue weighted by molar-refractivity contribution is 0.0910. The molecule has 1 aromatic rings. The smallest absolute Gasteiger partial charge is 0.245 e. The van der Waals surface area contributed by atoms with Gasteiger partial charge in [-0.15, -0.1) is 0 Å². The molecule has 70 valence electrons. The van der Waals surface area contributed by atoms with Crippen molar-refractivity contribution < 1.29 is 8.78 Å². The van der Waals surface area contributed by atoms with Gasteiger partial charge in [0.1, 0.15) is 4.60 Å². The van der Waals surface area contributed by atoms with Crippen molar-refractivity contribution in [3.05, 3.63) is 28.5 Å². The summed E-state index contributed by atoms with van der Waals surface area (Å²) in [4.78, 5) is 4.04. The monoisotopic (exact) mass is 247 g/mol. The molecule has 1 unspecified atom stereocenters. The third-order valence-electron chi connectivity index (χ3n) is 2.54.